The summed E-state index contributed by atoms with van der Waals surface area (Å²) < 4.78 is 5.78. The lowest BCUT2D eigenvalue weighted by Gasteiger charge is -2.21. The summed E-state index contributed by atoms with van der Waals surface area (Å²) in [5.41, 5.74) is 2.16. The highest BCUT2D eigenvalue weighted by Crippen LogP contribution is 2.21. The number of rotatable bonds is 4. The van der Waals surface area contributed by atoms with Crippen molar-refractivity contribution in [1.29, 1.82) is 0 Å². The van der Waals surface area contributed by atoms with E-state index >= 15 is 0 Å². The molecule has 0 spiro atoms. The zero-order valence-corrected chi connectivity index (χ0v) is 9.50. The van der Waals surface area contributed by atoms with Gasteiger partial charge >= 0.3 is 0 Å². The van der Waals surface area contributed by atoms with Crippen molar-refractivity contribution < 1.29 is 9.53 Å². The molecule has 0 saturated heterocycles. The van der Waals surface area contributed by atoms with E-state index in [1.807, 2.05) is 6.92 Å². The summed E-state index contributed by atoms with van der Waals surface area (Å²) >= 11 is 0. The van der Waals surface area contributed by atoms with E-state index < -0.39 is 0 Å². The Hall–Kier alpha value is -0.610. The van der Waals surface area contributed by atoms with E-state index in [9.17, 15) is 4.79 Å². The third kappa shape index (κ3) is 4.18. The predicted molar refractivity (Wildman–Crippen MR) is 59.0 cm³/mol. The second-order valence-corrected chi connectivity index (χ2v) is 4.16. The standard InChI is InChI=1S/C11H22N2O2/c1-2-10(11(14)13-12)15-9-7-5-3-4-6-8-9/h9-10H,2-8,12H2,1H3,(H,13,14). The van der Waals surface area contributed by atoms with Gasteiger partial charge in [0.1, 0.15) is 6.10 Å². The Morgan fingerprint density at radius 1 is 1.40 bits per heavy atom. The fourth-order valence-corrected chi connectivity index (χ4v) is 2.05. The van der Waals surface area contributed by atoms with Gasteiger partial charge < -0.3 is 4.74 Å². The first-order valence-corrected chi connectivity index (χ1v) is 5.93. The summed E-state index contributed by atoms with van der Waals surface area (Å²) in [5, 5.41) is 0. The van der Waals surface area contributed by atoms with E-state index in [0.717, 1.165) is 12.8 Å². The molecule has 15 heavy (non-hydrogen) atoms. The van der Waals surface area contributed by atoms with Crippen LogP contribution in [0, 0.1) is 0 Å². The van der Waals surface area contributed by atoms with Gasteiger partial charge in [0.05, 0.1) is 6.10 Å². The minimum absolute atomic E-state index is 0.207. The Kier molecular flexibility index (Phi) is 5.65. The zero-order chi connectivity index (χ0) is 11.1. The van der Waals surface area contributed by atoms with Gasteiger partial charge in [-0.15, -0.1) is 0 Å². The van der Waals surface area contributed by atoms with Crippen molar-refractivity contribution >= 4 is 5.91 Å². The van der Waals surface area contributed by atoms with E-state index in [-0.39, 0.29) is 18.1 Å². The van der Waals surface area contributed by atoms with Crippen LogP contribution in [-0.4, -0.2) is 18.1 Å². The van der Waals surface area contributed by atoms with Crippen LogP contribution >= 0.6 is 0 Å². The smallest absolute Gasteiger partial charge is 0.262 e. The average molecular weight is 214 g/mol. The number of carbonyl (C=O) groups excluding carboxylic acids is 1. The number of hydrazine groups is 1. The van der Waals surface area contributed by atoms with Crippen LogP contribution in [0.4, 0.5) is 0 Å². The lowest BCUT2D eigenvalue weighted by atomic mass is 10.1. The molecule has 1 fully saturated rings. The van der Waals surface area contributed by atoms with E-state index in [1.165, 1.54) is 25.7 Å². The van der Waals surface area contributed by atoms with Crippen molar-refractivity contribution in [3.05, 3.63) is 0 Å². The second-order valence-electron chi connectivity index (χ2n) is 4.16. The van der Waals surface area contributed by atoms with Crippen molar-refractivity contribution in [2.75, 3.05) is 0 Å². The van der Waals surface area contributed by atoms with Gasteiger partial charge in [-0.25, -0.2) is 5.84 Å². The average Bonchev–Trinajstić information content (AvgIpc) is 2.53. The quantitative estimate of drug-likeness (QED) is 0.322. The van der Waals surface area contributed by atoms with Crippen LogP contribution in [0.25, 0.3) is 0 Å². The van der Waals surface area contributed by atoms with Crippen molar-refractivity contribution in [3.63, 3.8) is 0 Å². The molecule has 0 aromatic carbocycles. The SMILES string of the molecule is CCC(OC1CCCCCC1)C(=O)NN. The van der Waals surface area contributed by atoms with Gasteiger partial charge in [0, 0.05) is 0 Å². The monoisotopic (exact) mass is 214 g/mol. The van der Waals surface area contributed by atoms with Crippen LogP contribution in [0.1, 0.15) is 51.9 Å². The minimum Gasteiger partial charge on any atom is -0.365 e. The summed E-state index contributed by atoms with van der Waals surface area (Å²) in [6.45, 7) is 1.94. The Morgan fingerprint density at radius 2 is 2.00 bits per heavy atom. The number of ether oxygens (including phenoxy) is 1. The molecule has 1 atom stereocenters. The number of nitrogens with one attached hydrogen (secondary N) is 1. The van der Waals surface area contributed by atoms with Gasteiger partial charge in [-0.1, -0.05) is 32.6 Å². The van der Waals surface area contributed by atoms with Crippen molar-refractivity contribution in [2.45, 2.75) is 64.1 Å². The molecule has 0 aromatic rings. The number of amides is 1. The Morgan fingerprint density at radius 3 is 2.47 bits per heavy atom. The van der Waals surface area contributed by atoms with Gasteiger partial charge in [0.15, 0.2) is 0 Å². The van der Waals surface area contributed by atoms with Crippen molar-refractivity contribution in [2.24, 2.45) is 5.84 Å². The molecular weight excluding hydrogens is 192 g/mol. The first-order chi connectivity index (χ1) is 7.27. The van der Waals surface area contributed by atoms with Crippen LogP contribution < -0.4 is 11.3 Å². The number of hydrogen-bond acceptors (Lipinski definition) is 3. The van der Waals surface area contributed by atoms with Gasteiger partial charge in [-0.2, -0.15) is 0 Å². The molecule has 1 amide bonds. The van der Waals surface area contributed by atoms with E-state index in [2.05, 4.69) is 5.43 Å². The Bertz CT molecular complexity index is 189. The Labute approximate surface area is 91.5 Å². The lowest BCUT2D eigenvalue weighted by Crippen LogP contribution is -2.41. The first kappa shape index (κ1) is 12.5. The summed E-state index contributed by atoms with van der Waals surface area (Å²) in [6, 6.07) is 0. The molecule has 0 heterocycles. The van der Waals surface area contributed by atoms with Crippen molar-refractivity contribution in [3.8, 4) is 0 Å². The molecule has 1 aliphatic carbocycles. The third-order valence-electron chi connectivity index (χ3n) is 2.96. The maximum atomic E-state index is 11.3. The van der Waals surface area contributed by atoms with Gasteiger partial charge in [-0.05, 0) is 19.3 Å². The molecule has 4 nitrogen and oxygen atoms in total. The molecular formula is C11H22N2O2. The van der Waals surface area contributed by atoms with Crippen LogP contribution in [0.2, 0.25) is 0 Å². The first-order valence-electron chi connectivity index (χ1n) is 5.93. The highest BCUT2D eigenvalue weighted by molar-refractivity contribution is 5.80. The summed E-state index contributed by atoms with van der Waals surface area (Å²) in [6.07, 6.45) is 7.71. The van der Waals surface area contributed by atoms with Gasteiger partial charge in [0.25, 0.3) is 5.91 Å². The summed E-state index contributed by atoms with van der Waals surface area (Å²) in [7, 11) is 0. The fraction of sp³-hybridized carbons (Fsp3) is 0.909. The van der Waals surface area contributed by atoms with Crippen LogP contribution in [0.3, 0.4) is 0 Å². The molecule has 1 unspecified atom stereocenters. The van der Waals surface area contributed by atoms with Crippen LogP contribution in [0.5, 0.6) is 0 Å². The highest BCUT2D eigenvalue weighted by Gasteiger charge is 2.21. The molecule has 88 valence electrons. The minimum atomic E-state index is -0.377. The fourth-order valence-electron chi connectivity index (χ4n) is 2.05. The highest BCUT2D eigenvalue weighted by atomic mass is 16.5. The molecule has 0 aromatic heterocycles. The molecule has 1 aliphatic rings. The van der Waals surface area contributed by atoms with Crippen LogP contribution in [0.15, 0.2) is 0 Å². The van der Waals surface area contributed by atoms with Gasteiger partial charge in [-0.3, -0.25) is 10.2 Å². The molecule has 3 N–H and O–H groups in total. The molecule has 1 saturated carbocycles. The van der Waals surface area contributed by atoms with Gasteiger partial charge in [0.2, 0.25) is 0 Å². The van der Waals surface area contributed by atoms with E-state index in [0.29, 0.717) is 6.42 Å². The molecule has 0 radical (unpaired) electrons. The van der Waals surface area contributed by atoms with Crippen LogP contribution in [-0.2, 0) is 9.53 Å². The lowest BCUT2D eigenvalue weighted by molar-refractivity contribution is -0.137. The number of nitrogens with two attached hydrogens (primary N) is 1. The Balaban J connectivity index is 2.38. The number of hydrogen-bond donors (Lipinski definition) is 2. The summed E-state index contributed by atoms with van der Waals surface area (Å²) in [4.78, 5) is 11.3. The second kappa shape index (κ2) is 6.80. The largest absolute Gasteiger partial charge is 0.365 e. The zero-order valence-electron chi connectivity index (χ0n) is 9.50. The molecule has 0 aliphatic heterocycles. The molecule has 0 bridgehead atoms. The number of carbonyl (C=O) groups is 1. The third-order valence-corrected chi connectivity index (χ3v) is 2.96. The van der Waals surface area contributed by atoms with E-state index in [1.54, 1.807) is 0 Å². The predicted octanol–water partition coefficient (Wildman–Crippen LogP) is 1.49. The normalized spacial score (nSPS) is 20.7. The maximum Gasteiger partial charge on any atom is 0.262 e. The van der Waals surface area contributed by atoms with E-state index in [4.69, 9.17) is 10.6 Å². The van der Waals surface area contributed by atoms with Crippen molar-refractivity contribution in [1.82, 2.24) is 5.43 Å². The maximum absolute atomic E-state index is 11.3. The molecule has 4 heteroatoms. The topological polar surface area (TPSA) is 64.3 Å². The summed E-state index contributed by atoms with van der Waals surface area (Å²) in [5.74, 6) is 4.90. The molecule has 1 rings (SSSR count).